The van der Waals surface area contributed by atoms with Gasteiger partial charge in [-0.2, -0.15) is 13.2 Å². The number of ether oxygens (including phenoxy) is 3. The summed E-state index contributed by atoms with van der Waals surface area (Å²) in [4.78, 5) is 11.1. The lowest BCUT2D eigenvalue weighted by molar-refractivity contribution is -0.145. The fraction of sp³-hybridized carbons (Fsp3) is 0.350. The minimum absolute atomic E-state index is 0.0153. The van der Waals surface area contributed by atoms with Crippen molar-refractivity contribution in [3.63, 3.8) is 0 Å². The first-order valence-corrected chi connectivity index (χ1v) is 8.50. The zero-order valence-corrected chi connectivity index (χ0v) is 15.1. The molecule has 28 heavy (non-hydrogen) atoms. The lowest BCUT2D eigenvalue weighted by Gasteiger charge is -2.40. The number of hydrogen-bond acceptors (Lipinski definition) is 4. The summed E-state index contributed by atoms with van der Waals surface area (Å²) < 4.78 is 54.4. The molecule has 1 aliphatic heterocycles. The van der Waals surface area contributed by atoms with E-state index in [-0.39, 0.29) is 18.8 Å². The molecule has 0 spiro atoms. The highest BCUT2D eigenvalue weighted by Crippen LogP contribution is 2.38. The van der Waals surface area contributed by atoms with Gasteiger partial charge < -0.3 is 19.3 Å². The molecule has 0 radical (unpaired) electrons. The summed E-state index contributed by atoms with van der Waals surface area (Å²) in [6.45, 7) is 0.771. The van der Waals surface area contributed by atoms with Crippen molar-refractivity contribution in [1.82, 2.24) is 0 Å². The van der Waals surface area contributed by atoms with E-state index in [4.69, 9.17) is 19.3 Å². The Morgan fingerprint density at radius 2 is 1.86 bits per heavy atom. The maximum atomic E-state index is 12.9. The second-order valence-electron chi connectivity index (χ2n) is 6.69. The van der Waals surface area contributed by atoms with E-state index in [0.717, 1.165) is 11.6 Å². The Morgan fingerprint density at radius 1 is 1.18 bits per heavy atom. The number of benzene rings is 2. The molecule has 8 heteroatoms. The molecule has 1 N–H and O–H groups in total. The van der Waals surface area contributed by atoms with Crippen LogP contribution in [0, 0.1) is 0 Å². The van der Waals surface area contributed by atoms with Crippen LogP contribution in [0.1, 0.15) is 23.1 Å². The SMILES string of the molecule is COc1cc(COc2ccc(C3(CC(=O)O)COC3)cc2)ccc1C(F)(F)F. The largest absolute Gasteiger partial charge is 0.496 e. The van der Waals surface area contributed by atoms with Gasteiger partial charge in [0.15, 0.2) is 0 Å². The van der Waals surface area contributed by atoms with E-state index in [1.165, 1.54) is 19.2 Å². The van der Waals surface area contributed by atoms with E-state index in [9.17, 15) is 18.0 Å². The molecule has 2 aromatic carbocycles. The number of halogens is 3. The summed E-state index contributed by atoms with van der Waals surface area (Å²) in [5.74, 6) is -0.627. The number of carboxylic acids is 1. The van der Waals surface area contributed by atoms with Gasteiger partial charge in [0.25, 0.3) is 0 Å². The van der Waals surface area contributed by atoms with Gasteiger partial charge in [0.05, 0.1) is 37.7 Å². The highest BCUT2D eigenvalue weighted by atomic mass is 19.4. The number of methoxy groups -OCH3 is 1. The van der Waals surface area contributed by atoms with Crippen molar-refractivity contribution >= 4 is 5.97 Å². The zero-order valence-electron chi connectivity index (χ0n) is 15.1. The highest BCUT2D eigenvalue weighted by Gasteiger charge is 2.42. The number of hydrogen-bond donors (Lipinski definition) is 1. The molecular weight excluding hydrogens is 377 g/mol. The smallest absolute Gasteiger partial charge is 0.419 e. The molecule has 150 valence electrons. The Kier molecular flexibility index (Phi) is 5.51. The molecule has 2 aromatic rings. The second kappa shape index (κ2) is 7.71. The fourth-order valence-corrected chi connectivity index (χ4v) is 3.14. The Morgan fingerprint density at radius 3 is 2.36 bits per heavy atom. The first kappa shape index (κ1) is 20.0. The average Bonchev–Trinajstić information content (AvgIpc) is 2.62. The van der Waals surface area contributed by atoms with E-state index in [2.05, 4.69) is 0 Å². The van der Waals surface area contributed by atoms with Gasteiger partial charge in [-0.05, 0) is 35.4 Å². The van der Waals surface area contributed by atoms with Gasteiger partial charge in [0.1, 0.15) is 18.1 Å². The minimum Gasteiger partial charge on any atom is -0.496 e. The molecule has 0 aliphatic carbocycles. The lowest BCUT2D eigenvalue weighted by atomic mass is 9.76. The Balaban J connectivity index is 1.68. The molecule has 0 amide bonds. The number of aliphatic carboxylic acids is 1. The molecular formula is C20H19F3O5. The molecule has 0 bridgehead atoms. The zero-order chi connectivity index (χ0) is 20.4. The van der Waals surface area contributed by atoms with Crippen molar-refractivity contribution in [3.8, 4) is 11.5 Å². The fourth-order valence-electron chi connectivity index (χ4n) is 3.14. The van der Waals surface area contributed by atoms with Crippen LogP contribution in [0.3, 0.4) is 0 Å². The van der Waals surface area contributed by atoms with E-state index in [1.807, 2.05) is 0 Å². The summed E-state index contributed by atoms with van der Waals surface area (Å²) in [7, 11) is 1.19. The van der Waals surface area contributed by atoms with Crippen LogP contribution in [0.2, 0.25) is 0 Å². The molecule has 1 aliphatic rings. The predicted molar refractivity (Wildman–Crippen MR) is 93.5 cm³/mol. The van der Waals surface area contributed by atoms with Gasteiger partial charge >= 0.3 is 12.1 Å². The van der Waals surface area contributed by atoms with Crippen LogP contribution in [-0.4, -0.2) is 31.4 Å². The van der Waals surface area contributed by atoms with Crippen LogP contribution in [-0.2, 0) is 27.7 Å². The standard InChI is InChI=1S/C20H19F3O5/c1-26-17-8-13(2-7-16(17)20(21,22)23)10-28-15-5-3-14(4-6-15)19(9-18(24)25)11-27-12-19/h2-8H,9-12H2,1H3,(H,24,25). The molecule has 0 unspecified atom stereocenters. The number of alkyl halides is 3. The van der Waals surface area contributed by atoms with E-state index in [1.54, 1.807) is 24.3 Å². The van der Waals surface area contributed by atoms with Crippen molar-refractivity contribution in [2.24, 2.45) is 0 Å². The quantitative estimate of drug-likeness (QED) is 0.765. The molecule has 5 nitrogen and oxygen atoms in total. The van der Waals surface area contributed by atoms with Gasteiger partial charge in [-0.25, -0.2) is 0 Å². The maximum absolute atomic E-state index is 12.9. The van der Waals surface area contributed by atoms with Crippen molar-refractivity contribution in [2.75, 3.05) is 20.3 Å². The minimum atomic E-state index is -4.49. The number of rotatable bonds is 7. The van der Waals surface area contributed by atoms with Crippen LogP contribution in [0.5, 0.6) is 11.5 Å². The van der Waals surface area contributed by atoms with Gasteiger partial charge in [-0.3, -0.25) is 4.79 Å². The molecule has 3 rings (SSSR count). The number of carbonyl (C=O) groups is 1. The summed E-state index contributed by atoms with van der Waals surface area (Å²) >= 11 is 0. The lowest BCUT2D eigenvalue weighted by Crippen LogP contribution is -2.48. The highest BCUT2D eigenvalue weighted by molar-refractivity contribution is 5.69. The first-order chi connectivity index (χ1) is 13.2. The van der Waals surface area contributed by atoms with Crippen LogP contribution in [0.15, 0.2) is 42.5 Å². The summed E-state index contributed by atoms with van der Waals surface area (Å²) in [6, 6.07) is 10.6. The van der Waals surface area contributed by atoms with Gasteiger partial charge in [-0.1, -0.05) is 18.2 Å². The van der Waals surface area contributed by atoms with Crippen LogP contribution < -0.4 is 9.47 Å². The van der Waals surface area contributed by atoms with Gasteiger partial charge in [0, 0.05) is 0 Å². The van der Waals surface area contributed by atoms with Crippen molar-refractivity contribution in [1.29, 1.82) is 0 Å². The molecule has 1 fully saturated rings. The van der Waals surface area contributed by atoms with Crippen LogP contribution in [0.25, 0.3) is 0 Å². The maximum Gasteiger partial charge on any atom is 0.419 e. The molecule has 1 heterocycles. The normalized spacial score (nSPS) is 15.6. The van der Waals surface area contributed by atoms with E-state index < -0.39 is 23.1 Å². The van der Waals surface area contributed by atoms with Crippen LogP contribution in [0.4, 0.5) is 13.2 Å². The first-order valence-electron chi connectivity index (χ1n) is 8.50. The van der Waals surface area contributed by atoms with E-state index in [0.29, 0.717) is 24.5 Å². The summed E-state index contributed by atoms with van der Waals surface area (Å²) in [6.07, 6.45) is -4.50. The summed E-state index contributed by atoms with van der Waals surface area (Å²) in [5, 5.41) is 9.09. The monoisotopic (exact) mass is 396 g/mol. The molecule has 0 aromatic heterocycles. The van der Waals surface area contributed by atoms with Gasteiger partial charge in [0.2, 0.25) is 0 Å². The van der Waals surface area contributed by atoms with E-state index >= 15 is 0 Å². The Labute approximate surface area is 159 Å². The molecule has 0 saturated carbocycles. The second-order valence-corrected chi connectivity index (χ2v) is 6.69. The van der Waals surface area contributed by atoms with Gasteiger partial charge in [-0.15, -0.1) is 0 Å². The third-order valence-electron chi connectivity index (χ3n) is 4.69. The Hall–Kier alpha value is -2.74. The summed E-state index contributed by atoms with van der Waals surface area (Å²) in [5.41, 5.74) is 0.0217. The Bertz CT molecular complexity index is 842. The predicted octanol–water partition coefficient (Wildman–Crippen LogP) is 4.04. The average molecular weight is 396 g/mol. The third-order valence-corrected chi connectivity index (χ3v) is 4.69. The number of carboxylic acid groups (broad SMARTS) is 1. The van der Waals surface area contributed by atoms with Crippen molar-refractivity contribution in [3.05, 3.63) is 59.2 Å². The third kappa shape index (κ3) is 4.22. The van der Waals surface area contributed by atoms with Crippen LogP contribution >= 0.6 is 0 Å². The molecule has 1 saturated heterocycles. The van der Waals surface area contributed by atoms with Crippen molar-refractivity contribution < 1.29 is 37.3 Å². The topological polar surface area (TPSA) is 65.0 Å². The molecule has 0 atom stereocenters. The van der Waals surface area contributed by atoms with Crippen molar-refractivity contribution in [2.45, 2.75) is 24.6 Å².